The molecule has 1 heterocycles. The predicted molar refractivity (Wildman–Crippen MR) is 85.7 cm³/mol. The van der Waals surface area contributed by atoms with Crippen molar-refractivity contribution in [2.45, 2.75) is 50.5 Å². The highest BCUT2D eigenvalue weighted by Crippen LogP contribution is 2.47. The first-order chi connectivity index (χ1) is 10.7. The number of nitrogens with zero attached hydrogens (tertiary/aromatic N) is 1. The average Bonchev–Trinajstić information content (AvgIpc) is 3.18. The summed E-state index contributed by atoms with van der Waals surface area (Å²) in [6.45, 7) is 2.33. The molecule has 2 bridgehead atoms. The Morgan fingerprint density at radius 2 is 1.91 bits per heavy atom. The summed E-state index contributed by atoms with van der Waals surface area (Å²) in [6.07, 6.45) is 8.09. The molecule has 3 fully saturated rings. The first-order valence-electron chi connectivity index (χ1n) is 8.82. The lowest BCUT2D eigenvalue weighted by molar-refractivity contribution is 0.110. The maximum absolute atomic E-state index is 13.6. The van der Waals surface area contributed by atoms with E-state index >= 15 is 0 Å². The Morgan fingerprint density at radius 3 is 2.55 bits per heavy atom. The fourth-order valence-electron chi connectivity index (χ4n) is 5.22. The molecule has 4 rings (SSSR count). The van der Waals surface area contributed by atoms with Crippen LogP contribution in [-0.4, -0.2) is 31.1 Å². The molecule has 2 nitrogen and oxygen atoms in total. The zero-order valence-corrected chi connectivity index (χ0v) is 13.4. The lowest BCUT2D eigenvalue weighted by Gasteiger charge is -2.40. The van der Waals surface area contributed by atoms with Gasteiger partial charge in [0.15, 0.2) is 0 Å². The topological polar surface area (TPSA) is 12.5 Å². The van der Waals surface area contributed by atoms with Gasteiger partial charge in [-0.15, -0.1) is 0 Å². The quantitative estimate of drug-likeness (QED) is 0.829. The number of methoxy groups -OCH3 is 1. The van der Waals surface area contributed by atoms with Gasteiger partial charge in [0.05, 0.1) is 7.11 Å². The molecule has 1 aromatic carbocycles. The Balaban J connectivity index is 1.43. The molecule has 0 spiro atoms. The van der Waals surface area contributed by atoms with Crippen molar-refractivity contribution in [3.05, 3.63) is 29.6 Å². The van der Waals surface area contributed by atoms with Gasteiger partial charge in [-0.25, -0.2) is 4.39 Å². The van der Waals surface area contributed by atoms with Crippen molar-refractivity contribution in [3.63, 3.8) is 0 Å². The smallest absolute Gasteiger partial charge is 0.123 e. The summed E-state index contributed by atoms with van der Waals surface area (Å²) < 4.78 is 19.0. The van der Waals surface area contributed by atoms with E-state index in [1.807, 2.05) is 0 Å². The molecule has 0 radical (unpaired) electrons. The molecule has 3 unspecified atom stereocenters. The molecule has 3 atom stereocenters. The van der Waals surface area contributed by atoms with Gasteiger partial charge in [0.25, 0.3) is 0 Å². The van der Waals surface area contributed by atoms with E-state index < -0.39 is 0 Å². The van der Waals surface area contributed by atoms with Gasteiger partial charge in [-0.05, 0) is 81.1 Å². The zero-order valence-electron chi connectivity index (χ0n) is 13.4. The van der Waals surface area contributed by atoms with Crippen LogP contribution >= 0.6 is 0 Å². The van der Waals surface area contributed by atoms with E-state index in [1.54, 1.807) is 19.2 Å². The second-order valence-electron chi connectivity index (χ2n) is 7.44. The molecule has 3 aliphatic rings. The van der Waals surface area contributed by atoms with Crippen molar-refractivity contribution in [3.8, 4) is 5.75 Å². The van der Waals surface area contributed by atoms with E-state index in [2.05, 4.69) is 4.90 Å². The number of benzene rings is 1. The highest BCUT2D eigenvalue weighted by Gasteiger charge is 2.43. The Labute approximate surface area is 132 Å². The van der Waals surface area contributed by atoms with Gasteiger partial charge in [0.2, 0.25) is 0 Å². The number of piperidine rings is 1. The van der Waals surface area contributed by atoms with E-state index in [0.29, 0.717) is 5.92 Å². The highest BCUT2D eigenvalue weighted by atomic mass is 19.1. The van der Waals surface area contributed by atoms with Gasteiger partial charge in [-0.2, -0.15) is 0 Å². The molecule has 1 aromatic rings. The van der Waals surface area contributed by atoms with E-state index in [1.165, 1.54) is 31.7 Å². The number of rotatable bonds is 3. The Morgan fingerprint density at radius 1 is 1.09 bits per heavy atom. The summed E-state index contributed by atoms with van der Waals surface area (Å²) in [5, 5.41) is 0. The number of hydrogen-bond acceptors (Lipinski definition) is 2. The predicted octanol–water partition coefficient (Wildman–Crippen LogP) is 4.20. The third kappa shape index (κ3) is 2.54. The Bertz CT molecular complexity index is 538. The van der Waals surface area contributed by atoms with Crippen LogP contribution in [0.4, 0.5) is 4.39 Å². The fourth-order valence-corrected chi connectivity index (χ4v) is 5.22. The largest absolute Gasteiger partial charge is 0.496 e. The molecule has 0 amide bonds. The molecule has 1 aliphatic heterocycles. The van der Waals surface area contributed by atoms with Crippen LogP contribution in [0, 0.1) is 17.7 Å². The summed E-state index contributed by atoms with van der Waals surface area (Å²) in [7, 11) is 1.68. The van der Waals surface area contributed by atoms with Crippen LogP contribution in [0.5, 0.6) is 5.75 Å². The van der Waals surface area contributed by atoms with Gasteiger partial charge in [0.1, 0.15) is 11.6 Å². The van der Waals surface area contributed by atoms with Gasteiger partial charge in [-0.1, -0.05) is 6.42 Å². The molecule has 0 aromatic heterocycles. The van der Waals surface area contributed by atoms with Gasteiger partial charge in [-0.3, -0.25) is 0 Å². The lowest BCUT2D eigenvalue weighted by atomic mass is 9.86. The van der Waals surface area contributed by atoms with Gasteiger partial charge < -0.3 is 9.64 Å². The third-order valence-corrected chi connectivity index (χ3v) is 6.33. The average molecular weight is 303 g/mol. The molecular formula is C19H26FNO. The molecule has 2 aliphatic carbocycles. The fraction of sp³-hybridized carbons (Fsp3) is 0.684. The van der Waals surface area contributed by atoms with Crippen molar-refractivity contribution < 1.29 is 9.13 Å². The Kier molecular flexibility index (Phi) is 3.85. The molecule has 1 saturated heterocycles. The summed E-state index contributed by atoms with van der Waals surface area (Å²) in [4.78, 5) is 2.73. The monoisotopic (exact) mass is 303 g/mol. The molecule has 3 heteroatoms. The standard InChI is InChI=1S/C19H26FNO/c1-22-19-5-4-16(20)12-17(19)14-6-8-21(9-7-14)18-11-13-2-3-15(18)10-13/h4-5,12-15,18H,2-3,6-11H2,1H3. The number of ether oxygens (including phenoxy) is 1. The molecular weight excluding hydrogens is 277 g/mol. The third-order valence-electron chi connectivity index (χ3n) is 6.33. The summed E-state index contributed by atoms with van der Waals surface area (Å²) in [5.74, 6) is 3.12. The van der Waals surface area contributed by atoms with Crippen LogP contribution in [0.1, 0.15) is 50.0 Å². The van der Waals surface area contributed by atoms with Gasteiger partial charge in [0, 0.05) is 11.6 Å². The summed E-state index contributed by atoms with van der Waals surface area (Å²) >= 11 is 0. The van der Waals surface area contributed by atoms with E-state index in [9.17, 15) is 4.39 Å². The highest BCUT2D eigenvalue weighted by molar-refractivity contribution is 5.37. The minimum absolute atomic E-state index is 0.147. The lowest BCUT2D eigenvalue weighted by Crippen LogP contribution is -2.43. The summed E-state index contributed by atoms with van der Waals surface area (Å²) in [5.41, 5.74) is 1.06. The van der Waals surface area contributed by atoms with Crippen molar-refractivity contribution in [2.75, 3.05) is 20.2 Å². The zero-order chi connectivity index (χ0) is 15.1. The number of fused-ring (bicyclic) bond motifs is 2. The van der Waals surface area contributed by atoms with Crippen LogP contribution < -0.4 is 4.74 Å². The van der Waals surface area contributed by atoms with Crippen LogP contribution in [0.15, 0.2) is 18.2 Å². The Hall–Kier alpha value is -1.09. The van der Waals surface area contributed by atoms with E-state index in [-0.39, 0.29) is 5.82 Å². The molecule has 22 heavy (non-hydrogen) atoms. The minimum atomic E-state index is -0.147. The molecule has 120 valence electrons. The summed E-state index contributed by atoms with van der Waals surface area (Å²) in [6, 6.07) is 5.78. The molecule has 0 N–H and O–H groups in total. The van der Waals surface area contributed by atoms with Crippen molar-refractivity contribution in [1.29, 1.82) is 0 Å². The van der Waals surface area contributed by atoms with Crippen LogP contribution in [-0.2, 0) is 0 Å². The SMILES string of the molecule is COc1ccc(F)cc1C1CCN(C2CC3CCC2C3)CC1. The van der Waals surface area contributed by atoms with Crippen LogP contribution in [0.3, 0.4) is 0 Å². The van der Waals surface area contributed by atoms with Crippen molar-refractivity contribution in [1.82, 2.24) is 4.90 Å². The van der Waals surface area contributed by atoms with Crippen molar-refractivity contribution in [2.24, 2.45) is 11.8 Å². The second kappa shape index (κ2) is 5.84. The first-order valence-corrected chi connectivity index (χ1v) is 8.82. The van der Waals surface area contributed by atoms with Crippen LogP contribution in [0.25, 0.3) is 0 Å². The molecule has 2 saturated carbocycles. The van der Waals surface area contributed by atoms with Gasteiger partial charge >= 0.3 is 0 Å². The van der Waals surface area contributed by atoms with Crippen LogP contribution in [0.2, 0.25) is 0 Å². The first kappa shape index (κ1) is 14.5. The number of halogens is 1. The maximum Gasteiger partial charge on any atom is 0.123 e. The second-order valence-corrected chi connectivity index (χ2v) is 7.44. The van der Waals surface area contributed by atoms with E-state index in [4.69, 9.17) is 4.74 Å². The minimum Gasteiger partial charge on any atom is -0.496 e. The number of likely N-dealkylation sites (tertiary alicyclic amines) is 1. The van der Waals surface area contributed by atoms with Crippen molar-refractivity contribution >= 4 is 0 Å². The maximum atomic E-state index is 13.6. The van der Waals surface area contributed by atoms with E-state index in [0.717, 1.165) is 55.1 Å². The normalized spacial score (nSPS) is 32.5. The number of hydrogen-bond donors (Lipinski definition) is 0.